The minimum atomic E-state index is -4.44. The largest absolute Gasteiger partial charge is 0.475 e. The van der Waals surface area contributed by atoms with E-state index in [-0.39, 0.29) is 164 Å². The normalized spacial score (nSPS) is 27.0. The first-order valence-electron chi connectivity index (χ1n) is 48.3. The van der Waals surface area contributed by atoms with E-state index in [0.717, 1.165) is 46.2 Å². The molecule has 6 aliphatic heterocycles. The Morgan fingerprint density at radius 2 is 0.776 bits per heavy atom. The number of hydrogen-bond acceptors (Lipinski definition) is 31. The number of aliphatic hydroxyl groups is 1. The smallest absolute Gasteiger partial charge is 0.462 e. The number of phosphoric ester groups is 2. The van der Waals surface area contributed by atoms with Gasteiger partial charge in [-0.25, -0.2) is 9.13 Å². The van der Waals surface area contributed by atoms with Gasteiger partial charge < -0.3 is 81.4 Å². The molecule has 3 N–H and O–H groups in total. The quantitative estimate of drug-likeness (QED) is 0.00704. The summed E-state index contributed by atoms with van der Waals surface area (Å²) in [6.45, 7) is 40.1. The van der Waals surface area contributed by atoms with Gasteiger partial charge in [0.25, 0.3) is 0 Å². The van der Waals surface area contributed by atoms with Crippen molar-refractivity contribution in [3.63, 3.8) is 0 Å². The number of phosphoric acid groups is 2. The minimum Gasteiger partial charge on any atom is -0.462 e. The van der Waals surface area contributed by atoms with Crippen LogP contribution in [0.5, 0.6) is 0 Å². The summed E-state index contributed by atoms with van der Waals surface area (Å²) in [5.74, 6) is -4.77. The Balaban J connectivity index is 0.000000576. The molecule has 0 radical (unpaired) electrons. The highest BCUT2D eigenvalue weighted by Gasteiger charge is 2.57. The number of carbonyl (C=O) groups is 6. The van der Waals surface area contributed by atoms with Crippen molar-refractivity contribution in [3.8, 4) is 0 Å². The number of azide groups is 2. The number of esters is 4. The van der Waals surface area contributed by atoms with E-state index in [1.165, 1.54) is 0 Å². The van der Waals surface area contributed by atoms with Gasteiger partial charge in [0.1, 0.15) is 73.1 Å². The molecule has 0 aliphatic carbocycles. The lowest BCUT2D eigenvalue weighted by atomic mass is 9.88. The molecule has 0 aromatic heterocycles. The van der Waals surface area contributed by atoms with Gasteiger partial charge in [-0.15, -0.1) is 0 Å². The Labute approximate surface area is 851 Å². The molecule has 37 nitrogen and oxygen atoms in total. The Morgan fingerprint density at radius 1 is 0.448 bits per heavy atom. The number of hydrogen-bond donors (Lipinski definition) is 3. The van der Waals surface area contributed by atoms with Crippen molar-refractivity contribution in [2.75, 3.05) is 26.4 Å². The lowest BCUT2D eigenvalue weighted by molar-refractivity contribution is -0.290. The van der Waals surface area contributed by atoms with Gasteiger partial charge >= 0.3 is 39.5 Å². The molecule has 6 heterocycles. The van der Waals surface area contributed by atoms with Gasteiger partial charge in [0.15, 0.2) is 41.8 Å². The fourth-order valence-corrected chi connectivity index (χ4v) is 20.7. The number of ether oxygens (including phenoxy) is 12. The lowest BCUT2D eigenvalue weighted by Crippen LogP contribution is -2.66. The fraction of sp³-hybridized carbons (Fsp3) is 0.706. The van der Waals surface area contributed by atoms with Crippen LogP contribution in [0.3, 0.4) is 0 Å². The second kappa shape index (κ2) is 59.7. The maximum Gasteiger partial charge on any atom is 0.475 e. The van der Waals surface area contributed by atoms with E-state index in [4.69, 9.17) is 92.8 Å². The van der Waals surface area contributed by atoms with Crippen LogP contribution in [0.1, 0.15) is 252 Å². The average molecular weight is 2090 g/mol. The second-order valence-corrected chi connectivity index (χ2v) is 52.2. The maximum absolute atomic E-state index is 14.5. The van der Waals surface area contributed by atoms with E-state index >= 15 is 0 Å². The summed E-state index contributed by atoms with van der Waals surface area (Å²) < 4.78 is 154. The maximum atomic E-state index is 14.5. The third kappa shape index (κ3) is 37.1. The number of benzene rings is 4. The molecule has 143 heavy (non-hydrogen) atoms. The Morgan fingerprint density at radius 3 is 1.11 bits per heavy atom. The molecule has 10 rings (SSSR count). The van der Waals surface area contributed by atoms with E-state index in [1.54, 1.807) is 27.7 Å². The van der Waals surface area contributed by atoms with Crippen molar-refractivity contribution >= 4 is 68.0 Å². The van der Waals surface area contributed by atoms with E-state index < -0.39 is 202 Å². The lowest BCUT2D eigenvalue weighted by Gasteiger charge is -2.48. The summed E-state index contributed by atoms with van der Waals surface area (Å²) in [7, 11) is -14.0. The third-order valence-corrected chi connectivity index (χ3v) is 38.7. The molecule has 6 aliphatic rings. The first kappa shape index (κ1) is 128. The summed E-state index contributed by atoms with van der Waals surface area (Å²) in [5, 5.41) is 25.9. The SMILES string of the molecule is C.C.C.C.C.CCC(=O)O[C@H](CC)CC(=O)NC1[C@H](OCC2OC(O[Si](C)(C)C(C)(C)C)C(N=[N+]=[N-])[C@@H](OC(=O)C[C@H](C)CC)[C@@H]2C)OC(COCc2ccccc2)[C@@H](OP2(=O)OCc3ccccc3CO2)[C@@H]1C.CCC(=O)O[C@H](CC)CC(=O)NC1[C@H](OCC2OC(O[Si](C)(C)C(C)(C)C)C(N=[N+]=[N-])[C@@H](OC(=O)C[C@H](C)CC)[C@@H]2C)OC(COCc2ccccc2)[C@@H](OP2(=O)OCc3ccccc3CO2)[C@@H]1O. The molecule has 4 aromatic carbocycles. The molecule has 24 atom stereocenters. The summed E-state index contributed by atoms with van der Waals surface area (Å²) >= 11 is 0. The standard InChI is InChI=1S/C49H75N4O14PSi.C48H73N4O15PSi.5CH4/c1-12-31(4)24-42(56)65-46-32(5)38(63-48(44(46)52-53-50)67-69(10,11)49(7,8)9)30-59-47-43(51-40(54)25-37(13-2)62-41(55)14-3)33(6)45(39(64-47)29-58-26-34-20-16-15-17-21-34)66-68(57)60-27-35-22-18-19-23-36(35)28-61-68;1-11-30(4)23-40(55)65-44-31(5)36(63-47(42(44)51-52-49)67-69(9,10)48(6,7)8)29-59-46-41(50-38(53)24-35(12-2)62-39(54)13-3)43(56)45(37(64-46)28-58-25-32-19-15-14-16-20-32)66-68(57)60-26-33-21-17-18-22-34(33)27-61-68;;;;;/h15-23,31-33,37-39,43-48H,12-14,24-30H2,1-11H3,(H,51,54);14-22,30-31,35-37,41-47,56H,11-13,23-29H2,1-10H3,(H,50,53);5*1H4/t31-,32-,33-,37-,38?,39?,43?,44?,45+,46+,47-,48?;30-,31-,35-,36?,37?,41?,42?,43-,44+,45-,46-,47?;;;;;/m11...../s1. The van der Waals surface area contributed by atoms with Crippen LogP contribution >= 0.6 is 15.6 Å². The molecule has 2 amide bonds. The molecule has 4 saturated heterocycles. The highest BCUT2D eigenvalue weighted by molar-refractivity contribution is 7.48. The van der Waals surface area contributed by atoms with E-state index in [1.807, 2.05) is 184 Å². The zero-order valence-electron chi connectivity index (χ0n) is 83.8. The topological polar surface area (TPSA) is 463 Å². The van der Waals surface area contributed by atoms with Crippen molar-refractivity contribution in [3.05, 3.63) is 163 Å². The average Bonchev–Trinajstić information content (AvgIpc) is 1.50. The molecule has 4 aromatic rings. The Bertz CT molecular complexity index is 4410. The zero-order valence-corrected chi connectivity index (χ0v) is 87.6. The van der Waals surface area contributed by atoms with Crippen molar-refractivity contribution < 1.29 is 136 Å². The molecule has 4 fully saturated rings. The predicted octanol–water partition coefficient (Wildman–Crippen LogP) is 21.6. The summed E-state index contributed by atoms with van der Waals surface area (Å²) in [6.07, 6.45) is -14.1. The van der Waals surface area contributed by atoms with Crippen molar-refractivity contribution in [2.45, 2.75) is 411 Å². The molecule has 0 bridgehead atoms. The zero-order chi connectivity index (χ0) is 101. The predicted molar refractivity (Wildman–Crippen MR) is 547 cm³/mol. The van der Waals surface area contributed by atoms with Gasteiger partial charge in [-0.05, 0) is 105 Å². The number of amides is 2. The molecule has 10 unspecified atom stereocenters. The van der Waals surface area contributed by atoms with Gasteiger partial charge in [-0.2, -0.15) is 0 Å². The van der Waals surface area contributed by atoms with Crippen LogP contribution in [-0.2, 0) is 170 Å². The number of aliphatic hydroxyl groups excluding tert-OH is 1. The van der Waals surface area contributed by atoms with Gasteiger partial charge in [-0.3, -0.25) is 55.9 Å². The highest BCUT2D eigenvalue weighted by Crippen LogP contribution is 2.58. The Hall–Kier alpha value is -7.47. The molecule has 0 saturated carbocycles. The van der Waals surface area contributed by atoms with Gasteiger partial charge in [0.2, 0.25) is 11.8 Å². The van der Waals surface area contributed by atoms with Gasteiger partial charge in [-0.1, -0.05) is 287 Å². The van der Waals surface area contributed by atoms with Gasteiger partial charge in [0, 0.05) is 53.3 Å². The number of fused-ring (bicyclic) bond motifs is 2. The summed E-state index contributed by atoms with van der Waals surface area (Å²) in [4.78, 5) is 85.7. The molecule has 0 spiro atoms. The molecule has 41 heteroatoms. The summed E-state index contributed by atoms with van der Waals surface area (Å²) in [6, 6.07) is 29.2. The Kier molecular flexibility index (Phi) is 53.3. The third-order valence-electron chi connectivity index (χ3n) is 27.0. The van der Waals surface area contributed by atoms with Crippen LogP contribution in [0.15, 0.2) is 119 Å². The van der Waals surface area contributed by atoms with Crippen LogP contribution in [0, 0.1) is 29.6 Å². The monoisotopic (exact) mass is 2090 g/mol. The molecule has 808 valence electrons. The second-order valence-electron chi connectivity index (χ2n) is 39.4. The van der Waals surface area contributed by atoms with Gasteiger partial charge in [0.05, 0.1) is 97.2 Å². The summed E-state index contributed by atoms with van der Waals surface area (Å²) in [5.41, 5.74) is 24.4. The number of carbonyl (C=O) groups excluding carboxylic acids is 6. The van der Waals surface area contributed by atoms with E-state index in [9.17, 15) is 54.1 Å². The van der Waals surface area contributed by atoms with Crippen LogP contribution in [0.4, 0.5) is 0 Å². The van der Waals surface area contributed by atoms with Crippen molar-refractivity contribution in [2.24, 2.45) is 39.8 Å². The number of rotatable bonds is 44. The first-order chi connectivity index (χ1) is 65.4. The number of nitrogens with one attached hydrogen (secondary N) is 2. The highest BCUT2D eigenvalue weighted by atomic mass is 31.2. The van der Waals surface area contributed by atoms with E-state index in [0.29, 0.717) is 12.8 Å². The molecular formula is C102H168N8O29P2Si2. The van der Waals surface area contributed by atoms with Crippen LogP contribution in [-0.4, -0.2) is 200 Å². The fourth-order valence-electron chi connectivity index (χ4n) is 15.7. The number of nitrogens with zero attached hydrogens (tertiary/aromatic N) is 6. The first-order valence-corrected chi connectivity index (χ1v) is 57.0. The van der Waals surface area contributed by atoms with Crippen molar-refractivity contribution in [1.82, 2.24) is 10.6 Å². The van der Waals surface area contributed by atoms with Crippen LogP contribution in [0.2, 0.25) is 36.3 Å². The molecular weight excluding hydrogens is 1920 g/mol. The van der Waals surface area contributed by atoms with E-state index in [2.05, 4.69) is 72.2 Å². The van der Waals surface area contributed by atoms with Crippen molar-refractivity contribution in [1.29, 1.82) is 0 Å². The minimum absolute atomic E-state index is 0. The van der Waals surface area contributed by atoms with Crippen LogP contribution < -0.4 is 10.6 Å². The van der Waals surface area contributed by atoms with Crippen LogP contribution in [0.25, 0.3) is 20.9 Å².